The summed E-state index contributed by atoms with van der Waals surface area (Å²) in [5.41, 5.74) is 3.95. The first kappa shape index (κ1) is 45.3. The van der Waals surface area contributed by atoms with Crippen LogP contribution in [0.1, 0.15) is 31.7 Å². The van der Waals surface area contributed by atoms with Crippen LogP contribution < -0.4 is 15.4 Å². The molecule has 0 saturated carbocycles. The molecule has 2 aromatic heterocycles. The standard InChI is InChI=1S/C29H26ClFN4O4S.C7H8O3S.2CH4.H2O/c1-40(36,37)12-11-32-16-23-7-10-27(39-23)20-5-8-26-24(14-20)29(34-18-33-26)35-22-6-9-28(25(30)15-22)38-17-19-3-2-4-21(31)13-19;1-6-2-4-7(5-3-6)11(8,9)10;;;/h2-10,13-15,18,32H,11-12,16-17H2,1H3,(H,33,34,35);2-5H,1H3,(H,8,9,10);2*1H4;1H2. The van der Waals surface area contributed by atoms with Gasteiger partial charge >= 0.3 is 0 Å². The summed E-state index contributed by atoms with van der Waals surface area (Å²) >= 11 is 6.47. The fourth-order valence-electron chi connectivity index (χ4n) is 4.74. The summed E-state index contributed by atoms with van der Waals surface area (Å²) in [4.78, 5) is 8.73. The Hall–Kier alpha value is -4.90. The van der Waals surface area contributed by atoms with E-state index in [0.717, 1.165) is 22.0 Å². The van der Waals surface area contributed by atoms with E-state index in [1.807, 2.05) is 43.3 Å². The smallest absolute Gasteiger partial charge is 0.294 e. The van der Waals surface area contributed by atoms with Crippen molar-refractivity contribution in [3.8, 4) is 17.1 Å². The van der Waals surface area contributed by atoms with Gasteiger partial charge in [-0.2, -0.15) is 8.42 Å². The largest absolute Gasteiger partial charge is 0.487 e. The number of aromatic nitrogens is 2. The number of ether oxygens (including phenoxy) is 1. The zero-order valence-electron chi connectivity index (χ0n) is 28.0. The Bertz CT molecular complexity index is 2360. The first-order chi connectivity index (χ1) is 24.2. The minimum atomic E-state index is -4.02. The average molecular weight is 803 g/mol. The van der Waals surface area contributed by atoms with E-state index in [2.05, 4.69) is 20.6 Å². The van der Waals surface area contributed by atoms with Crippen LogP contribution in [0.2, 0.25) is 5.02 Å². The summed E-state index contributed by atoms with van der Waals surface area (Å²) in [6, 6.07) is 27.0. The van der Waals surface area contributed by atoms with Crippen LogP contribution in [0.5, 0.6) is 5.75 Å². The third kappa shape index (κ3) is 13.2. The van der Waals surface area contributed by atoms with Crippen LogP contribution >= 0.6 is 11.6 Å². The van der Waals surface area contributed by atoms with E-state index < -0.39 is 20.0 Å². The second kappa shape index (κ2) is 20.0. The molecule has 0 unspecified atom stereocenters. The predicted molar refractivity (Wildman–Crippen MR) is 212 cm³/mol. The fourth-order valence-corrected chi connectivity index (χ4v) is 5.97. The number of furan rings is 1. The number of anilines is 2. The third-order valence-electron chi connectivity index (χ3n) is 7.33. The Morgan fingerprint density at radius 3 is 2.31 bits per heavy atom. The zero-order valence-corrected chi connectivity index (χ0v) is 30.4. The summed E-state index contributed by atoms with van der Waals surface area (Å²) in [6.07, 6.45) is 2.69. The topological polar surface area (TPSA) is 192 Å². The molecule has 0 saturated heterocycles. The van der Waals surface area contributed by atoms with Crippen molar-refractivity contribution in [3.63, 3.8) is 0 Å². The quantitative estimate of drug-likeness (QED) is 0.0807. The summed E-state index contributed by atoms with van der Waals surface area (Å²) in [5, 5.41) is 7.56. The van der Waals surface area contributed by atoms with Crippen molar-refractivity contribution in [2.45, 2.75) is 39.8 Å². The molecule has 0 atom stereocenters. The van der Waals surface area contributed by atoms with Crippen LogP contribution in [0.15, 0.2) is 113 Å². The normalized spacial score (nSPS) is 10.9. The molecule has 0 aliphatic rings. The number of nitrogens with zero attached hydrogens (tertiary/aromatic N) is 2. The van der Waals surface area contributed by atoms with E-state index in [1.54, 1.807) is 36.4 Å². The summed E-state index contributed by atoms with van der Waals surface area (Å²) in [7, 11) is -7.04. The molecule has 12 nitrogen and oxygen atoms in total. The van der Waals surface area contributed by atoms with Gasteiger partial charge < -0.3 is 25.3 Å². The molecule has 6 rings (SSSR count). The van der Waals surface area contributed by atoms with E-state index in [9.17, 15) is 21.2 Å². The minimum Gasteiger partial charge on any atom is -0.487 e. The average Bonchev–Trinajstić information content (AvgIpc) is 3.55. The molecule has 54 heavy (non-hydrogen) atoms. The van der Waals surface area contributed by atoms with Crippen molar-refractivity contribution in [1.82, 2.24) is 15.3 Å². The lowest BCUT2D eigenvalue weighted by atomic mass is 10.1. The van der Waals surface area contributed by atoms with E-state index >= 15 is 0 Å². The number of fused-ring (bicyclic) bond motifs is 1. The van der Waals surface area contributed by atoms with Gasteiger partial charge in [-0.3, -0.25) is 4.55 Å². The first-order valence-electron chi connectivity index (χ1n) is 15.4. The van der Waals surface area contributed by atoms with E-state index in [-0.39, 0.29) is 43.4 Å². The van der Waals surface area contributed by atoms with Crippen molar-refractivity contribution in [1.29, 1.82) is 0 Å². The number of aryl methyl sites for hydroxylation is 1. The number of hydrogen-bond acceptors (Lipinski definition) is 10. The Morgan fingerprint density at radius 1 is 0.907 bits per heavy atom. The van der Waals surface area contributed by atoms with Crippen LogP contribution in [-0.2, 0) is 33.1 Å². The maximum Gasteiger partial charge on any atom is 0.294 e. The van der Waals surface area contributed by atoms with E-state index in [4.69, 9.17) is 25.3 Å². The highest BCUT2D eigenvalue weighted by molar-refractivity contribution is 7.90. The second-order valence-electron chi connectivity index (χ2n) is 11.5. The Balaban J connectivity index is 0.000000623. The molecule has 2 heterocycles. The van der Waals surface area contributed by atoms with E-state index in [1.165, 1.54) is 36.8 Å². The van der Waals surface area contributed by atoms with Gasteiger partial charge in [0, 0.05) is 29.4 Å². The highest BCUT2D eigenvalue weighted by Gasteiger charge is 2.12. The van der Waals surface area contributed by atoms with Crippen LogP contribution in [0.25, 0.3) is 22.2 Å². The van der Waals surface area contributed by atoms with Crippen LogP contribution in [0.4, 0.5) is 15.9 Å². The Labute approximate surface area is 320 Å². The van der Waals surface area contributed by atoms with Crippen LogP contribution in [0.3, 0.4) is 0 Å². The molecule has 4 aromatic carbocycles. The molecule has 6 aromatic rings. The lowest BCUT2D eigenvalue weighted by Gasteiger charge is -2.12. The molecule has 0 radical (unpaired) electrons. The summed E-state index contributed by atoms with van der Waals surface area (Å²) in [6.45, 7) is 2.80. The molecule has 16 heteroatoms. The number of hydrogen-bond donors (Lipinski definition) is 3. The zero-order chi connectivity index (χ0) is 36.6. The van der Waals surface area contributed by atoms with Crippen molar-refractivity contribution in [2.75, 3.05) is 23.9 Å². The van der Waals surface area contributed by atoms with E-state index in [0.29, 0.717) is 52.5 Å². The number of sulfone groups is 1. The minimum absolute atomic E-state index is 0. The lowest BCUT2D eigenvalue weighted by Crippen LogP contribution is -2.21. The Kier molecular flexibility index (Phi) is 16.7. The second-order valence-corrected chi connectivity index (χ2v) is 15.6. The van der Waals surface area contributed by atoms with Crippen molar-refractivity contribution >= 4 is 54.0 Å². The predicted octanol–water partition coefficient (Wildman–Crippen LogP) is 7.83. The van der Waals surface area contributed by atoms with Gasteiger partial charge in [0.15, 0.2) is 0 Å². The molecule has 0 aliphatic heterocycles. The maximum absolute atomic E-state index is 13.4. The van der Waals surface area contributed by atoms with Gasteiger partial charge in [-0.25, -0.2) is 22.8 Å². The maximum atomic E-state index is 13.4. The highest BCUT2D eigenvalue weighted by atomic mass is 35.5. The highest BCUT2D eigenvalue weighted by Crippen LogP contribution is 2.33. The van der Waals surface area contributed by atoms with Crippen molar-refractivity contribution in [3.05, 3.63) is 131 Å². The number of benzene rings is 4. The van der Waals surface area contributed by atoms with Crippen LogP contribution in [-0.4, -0.2) is 55.4 Å². The number of rotatable bonds is 12. The van der Waals surface area contributed by atoms with Crippen LogP contribution in [0, 0.1) is 12.7 Å². The molecule has 5 N–H and O–H groups in total. The van der Waals surface area contributed by atoms with Gasteiger partial charge in [0.1, 0.15) is 51.7 Å². The van der Waals surface area contributed by atoms with Gasteiger partial charge in [0.25, 0.3) is 10.1 Å². The molecular formula is C38H44ClFN4O8S2. The molecule has 290 valence electrons. The molecule has 0 fully saturated rings. The number of nitrogens with one attached hydrogen (secondary N) is 2. The SMILES string of the molecule is C.C.CS(=O)(=O)CCNCc1ccc(-c2ccc3ncnc(Nc4ccc(OCc5cccc(F)c5)c(Cl)c4)c3c2)o1.Cc1ccc(S(=O)(=O)O)cc1.O. The van der Waals surface area contributed by atoms with Gasteiger partial charge in [-0.05, 0) is 85.3 Å². The third-order valence-corrected chi connectivity index (χ3v) is 9.44. The summed E-state index contributed by atoms with van der Waals surface area (Å²) < 4.78 is 77.3. The van der Waals surface area contributed by atoms with Crippen molar-refractivity contribution in [2.24, 2.45) is 0 Å². The molecule has 0 spiro atoms. The molecule has 0 amide bonds. The fraction of sp³-hybridized carbons (Fsp3) is 0.211. The molecule has 0 bridgehead atoms. The molecule has 0 aliphatic carbocycles. The van der Waals surface area contributed by atoms with Gasteiger partial charge in [-0.15, -0.1) is 0 Å². The summed E-state index contributed by atoms with van der Waals surface area (Å²) in [5.74, 6) is 2.17. The van der Waals surface area contributed by atoms with Crippen molar-refractivity contribution < 1.29 is 40.4 Å². The Morgan fingerprint density at radius 2 is 1.65 bits per heavy atom. The van der Waals surface area contributed by atoms with Gasteiger partial charge in [0.05, 0.1) is 27.7 Å². The first-order valence-corrected chi connectivity index (χ1v) is 19.3. The molecular weight excluding hydrogens is 759 g/mol. The van der Waals surface area contributed by atoms with Gasteiger partial charge in [-0.1, -0.05) is 56.3 Å². The van der Waals surface area contributed by atoms with Gasteiger partial charge in [0.2, 0.25) is 0 Å². The lowest BCUT2D eigenvalue weighted by molar-refractivity contribution is 0.306. The monoisotopic (exact) mass is 802 g/mol. The number of halogens is 2.